The summed E-state index contributed by atoms with van der Waals surface area (Å²) in [5.41, 5.74) is 0.654. The fraction of sp³-hybridized carbons (Fsp3) is 0.526. The van der Waals surface area contributed by atoms with Crippen molar-refractivity contribution >= 4 is 17.7 Å². The molecule has 0 aliphatic carbocycles. The molecule has 0 radical (unpaired) electrons. The van der Waals surface area contributed by atoms with Gasteiger partial charge in [0.05, 0.1) is 25.6 Å². The number of carbonyl (C=O) groups excluding carboxylic acids is 1. The van der Waals surface area contributed by atoms with Gasteiger partial charge in [0.15, 0.2) is 11.5 Å². The van der Waals surface area contributed by atoms with Crippen LogP contribution in [-0.4, -0.2) is 47.7 Å². The molecule has 0 aliphatic heterocycles. The van der Waals surface area contributed by atoms with E-state index in [-0.39, 0.29) is 17.7 Å². The molecular formula is C19H27N3O5S. The first-order valence-corrected chi connectivity index (χ1v) is 10.3. The van der Waals surface area contributed by atoms with E-state index in [4.69, 9.17) is 18.6 Å². The molecule has 9 heteroatoms. The second kappa shape index (κ2) is 10.8. The van der Waals surface area contributed by atoms with Crippen LogP contribution in [0.15, 0.2) is 21.8 Å². The summed E-state index contributed by atoms with van der Waals surface area (Å²) >= 11 is 1.19. The molecule has 28 heavy (non-hydrogen) atoms. The smallest absolute Gasteiger partial charge is 0.277 e. The van der Waals surface area contributed by atoms with Crippen molar-refractivity contribution in [1.82, 2.24) is 15.5 Å². The van der Waals surface area contributed by atoms with E-state index in [1.54, 1.807) is 12.1 Å². The largest absolute Gasteiger partial charge is 0.490 e. The number of hydrogen-bond acceptors (Lipinski definition) is 8. The molecule has 1 aromatic heterocycles. The molecular weight excluding hydrogens is 382 g/mol. The normalized spacial score (nSPS) is 10.8. The van der Waals surface area contributed by atoms with Gasteiger partial charge >= 0.3 is 0 Å². The lowest BCUT2D eigenvalue weighted by atomic mass is 10.2. The number of nitrogens with one attached hydrogen (secondary N) is 1. The predicted octanol–water partition coefficient (Wildman–Crippen LogP) is 3.55. The minimum absolute atomic E-state index is 0.0851. The molecule has 0 aliphatic rings. The van der Waals surface area contributed by atoms with Gasteiger partial charge in [0, 0.05) is 11.6 Å². The highest BCUT2D eigenvalue weighted by atomic mass is 32.2. The third-order valence-electron chi connectivity index (χ3n) is 3.34. The lowest BCUT2D eigenvalue weighted by molar-refractivity contribution is -0.119. The van der Waals surface area contributed by atoms with E-state index < -0.39 is 0 Å². The maximum atomic E-state index is 11.8. The summed E-state index contributed by atoms with van der Waals surface area (Å²) in [4.78, 5) is 11.8. The van der Waals surface area contributed by atoms with Crippen molar-refractivity contribution in [3.8, 4) is 28.7 Å². The fourth-order valence-corrected chi connectivity index (χ4v) is 2.96. The van der Waals surface area contributed by atoms with Crippen LogP contribution < -0.4 is 19.5 Å². The van der Waals surface area contributed by atoms with Crippen molar-refractivity contribution in [1.29, 1.82) is 0 Å². The van der Waals surface area contributed by atoms with E-state index in [0.29, 0.717) is 53.7 Å². The van der Waals surface area contributed by atoms with Gasteiger partial charge in [-0.1, -0.05) is 11.8 Å². The summed E-state index contributed by atoms with van der Waals surface area (Å²) in [5.74, 6) is 2.09. The molecule has 0 spiro atoms. The van der Waals surface area contributed by atoms with Crippen LogP contribution in [0.4, 0.5) is 0 Å². The van der Waals surface area contributed by atoms with Gasteiger partial charge in [-0.15, -0.1) is 10.2 Å². The van der Waals surface area contributed by atoms with Crippen LogP contribution >= 0.6 is 11.8 Å². The Morgan fingerprint density at radius 2 is 1.68 bits per heavy atom. The first kappa shape index (κ1) is 21.9. The van der Waals surface area contributed by atoms with Crippen LogP contribution in [0, 0.1) is 0 Å². The highest BCUT2D eigenvalue weighted by Crippen LogP contribution is 2.42. The van der Waals surface area contributed by atoms with E-state index in [1.807, 2.05) is 34.6 Å². The number of thioether (sulfide) groups is 1. The Hall–Kier alpha value is -2.42. The van der Waals surface area contributed by atoms with Gasteiger partial charge in [-0.05, 0) is 46.8 Å². The Morgan fingerprint density at radius 1 is 1.07 bits per heavy atom. The van der Waals surface area contributed by atoms with Crippen LogP contribution in [0.1, 0.15) is 34.6 Å². The number of nitrogens with zero attached hydrogens (tertiary/aromatic N) is 2. The molecule has 2 aromatic rings. The van der Waals surface area contributed by atoms with E-state index in [1.165, 1.54) is 11.8 Å². The summed E-state index contributed by atoms with van der Waals surface area (Å²) < 4.78 is 22.8. The average molecular weight is 410 g/mol. The molecule has 0 unspecified atom stereocenters. The highest BCUT2D eigenvalue weighted by molar-refractivity contribution is 7.99. The number of hydrogen-bond donors (Lipinski definition) is 1. The molecule has 0 saturated carbocycles. The zero-order valence-corrected chi connectivity index (χ0v) is 17.7. The van der Waals surface area contributed by atoms with Crippen LogP contribution in [0.3, 0.4) is 0 Å². The van der Waals surface area contributed by atoms with Crippen molar-refractivity contribution in [2.24, 2.45) is 0 Å². The SMILES string of the molecule is CCOc1cc(-c2nnc(SCC(=O)NC(C)C)o2)cc(OCC)c1OCC. The first-order chi connectivity index (χ1) is 13.5. The van der Waals surface area contributed by atoms with Crippen molar-refractivity contribution in [3.05, 3.63) is 12.1 Å². The van der Waals surface area contributed by atoms with E-state index in [9.17, 15) is 4.79 Å². The minimum Gasteiger partial charge on any atom is -0.490 e. The number of rotatable bonds is 11. The molecule has 0 bridgehead atoms. The van der Waals surface area contributed by atoms with Gasteiger partial charge in [-0.3, -0.25) is 4.79 Å². The van der Waals surface area contributed by atoms with Crippen molar-refractivity contribution in [2.75, 3.05) is 25.6 Å². The Kier molecular flexibility index (Phi) is 8.43. The predicted molar refractivity (Wildman–Crippen MR) is 107 cm³/mol. The average Bonchev–Trinajstić information content (AvgIpc) is 3.11. The lowest BCUT2D eigenvalue weighted by Crippen LogP contribution is -2.31. The molecule has 154 valence electrons. The third-order valence-corrected chi connectivity index (χ3v) is 4.16. The molecule has 1 aromatic carbocycles. The van der Waals surface area contributed by atoms with Crippen LogP contribution in [0.2, 0.25) is 0 Å². The topological polar surface area (TPSA) is 95.7 Å². The quantitative estimate of drug-likeness (QED) is 0.563. The van der Waals surface area contributed by atoms with Gasteiger partial charge < -0.3 is 23.9 Å². The van der Waals surface area contributed by atoms with Crippen molar-refractivity contribution < 1.29 is 23.4 Å². The van der Waals surface area contributed by atoms with Crippen LogP contribution in [0.25, 0.3) is 11.5 Å². The van der Waals surface area contributed by atoms with Gasteiger partial charge in [0.2, 0.25) is 17.5 Å². The summed E-state index contributed by atoms with van der Waals surface area (Å²) in [6, 6.07) is 3.65. The van der Waals surface area contributed by atoms with Crippen LogP contribution in [-0.2, 0) is 4.79 Å². The summed E-state index contributed by atoms with van der Waals surface area (Å²) in [7, 11) is 0. The lowest BCUT2D eigenvalue weighted by Gasteiger charge is -2.16. The summed E-state index contributed by atoms with van der Waals surface area (Å²) in [6.45, 7) is 10.9. The number of benzene rings is 1. The van der Waals surface area contributed by atoms with Crippen molar-refractivity contribution in [3.63, 3.8) is 0 Å². The summed E-state index contributed by atoms with van der Waals surface area (Å²) in [6.07, 6.45) is 0. The number of aromatic nitrogens is 2. The van der Waals surface area contributed by atoms with Crippen molar-refractivity contribution in [2.45, 2.75) is 45.9 Å². The standard InChI is InChI=1S/C19H27N3O5S/c1-6-24-14-9-13(10-15(25-7-2)17(14)26-8-3)18-21-22-19(27-18)28-11-16(23)20-12(4)5/h9-10,12H,6-8,11H2,1-5H3,(H,20,23). The Morgan fingerprint density at radius 3 is 2.21 bits per heavy atom. The Labute approximate surface area is 169 Å². The van der Waals surface area contributed by atoms with Gasteiger partial charge in [-0.2, -0.15) is 0 Å². The molecule has 1 heterocycles. The van der Waals surface area contributed by atoms with E-state index in [0.717, 1.165) is 0 Å². The Balaban J connectivity index is 2.24. The van der Waals surface area contributed by atoms with E-state index >= 15 is 0 Å². The zero-order valence-electron chi connectivity index (χ0n) is 16.9. The fourth-order valence-electron chi connectivity index (χ4n) is 2.39. The second-order valence-corrected chi connectivity index (χ2v) is 6.91. The maximum absolute atomic E-state index is 11.8. The monoisotopic (exact) mass is 409 g/mol. The minimum atomic E-state index is -0.0851. The van der Waals surface area contributed by atoms with Gasteiger partial charge in [0.25, 0.3) is 5.22 Å². The first-order valence-electron chi connectivity index (χ1n) is 9.30. The molecule has 1 amide bonds. The molecule has 1 N–H and O–H groups in total. The Bertz CT molecular complexity index is 752. The number of amides is 1. The number of carbonyl (C=O) groups is 1. The second-order valence-electron chi connectivity index (χ2n) is 5.98. The molecule has 0 saturated heterocycles. The summed E-state index contributed by atoms with van der Waals surface area (Å²) in [5, 5.41) is 11.2. The molecule has 0 atom stereocenters. The zero-order chi connectivity index (χ0) is 20.5. The molecule has 8 nitrogen and oxygen atoms in total. The van der Waals surface area contributed by atoms with Crippen LogP contribution in [0.5, 0.6) is 17.2 Å². The molecule has 2 rings (SSSR count). The van der Waals surface area contributed by atoms with Gasteiger partial charge in [0.1, 0.15) is 0 Å². The van der Waals surface area contributed by atoms with Gasteiger partial charge in [-0.25, -0.2) is 0 Å². The number of ether oxygens (including phenoxy) is 3. The highest BCUT2D eigenvalue weighted by Gasteiger charge is 2.19. The molecule has 0 fully saturated rings. The van der Waals surface area contributed by atoms with E-state index in [2.05, 4.69) is 15.5 Å². The maximum Gasteiger partial charge on any atom is 0.277 e. The third kappa shape index (κ3) is 6.05.